The number of carbonyl (C=O) groups excluding carboxylic acids is 1. The van der Waals surface area contributed by atoms with Crippen LogP contribution in [0, 0.1) is 11.6 Å². The van der Waals surface area contributed by atoms with Gasteiger partial charge in [0.25, 0.3) is 0 Å². The fourth-order valence-electron chi connectivity index (χ4n) is 2.69. The molecule has 1 aliphatic rings. The lowest BCUT2D eigenvalue weighted by Gasteiger charge is -2.22. The van der Waals surface area contributed by atoms with Gasteiger partial charge < -0.3 is 4.74 Å². The van der Waals surface area contributed by atoms with Crippen LogP contribution in [0.1, 0.15) is 32.6 Å². The Morgan fingerprint density at radius 2 is 2.30 bits per heavy atom. The topological polar surface area (TPSA) is 42.4 Å². The maximum absolute atomic E-state index is 13.9. The van der Waals surface area contributed by atoms with Crippen LogP contribution in [-0.4, -0.2) is 30.1 Å². The Labute approximate surface area is 137 Å². The van der Waals surface area contributed by atoms with E-state index in [1.165, 1.54) is 6.07 Å². The van der Waals surface area contributed by atoms with Gasteiger partial charge in [-0.1, -0.05) is 18.3 Å². The first-order valence-electron chi connectivity index (χ1n) is 7.76. The van der Waals surface area contributed by atoms with Crippen LogP contribution in [0.5, 0.6) is 0 Å². The van der Waals surface area contributed by atoms with E-state index in [1.54, 1.807) is 4.90 Å². The summed E-state index contributed by atoms with van der Waals surface area (Å²) in [4.78, 5) is 18.2. The fraction of sp³-hybridized carbons (Fsp3) is 0.500. The van der Waals surface area contributed by atoms with Crippen molar-refractivity contribution in [2.24, 2.45) is 0 Å². The van der Waals surface area contributed by atoms with Gasteiger partial charge in [0.1, 0.15) is 11.3 Å². The van der Waals surface area contributed by atoms with E-state index in [2.05, 4.69) is 4.98 Å². The number of nitrogens with zero attached hydrogens (tertiary/aromatic N) is 2. The lowest BCUT2D eigenvalue weighted by Crippen LogP contribution is -2.37. The molecule has 1 fully saturated rings. The minimum Gasteiger partial charge on any atom is -0.376 e. The van der Waals surface area contributed by atoms with E-state index in [0.29, 0.717) is 29.4 Å². The van der Waals surface area contributed by atoms with Gasteiger partial charge in [-0.05, 0) is 25.3 Å². The molecule has 1 aromatic heterocycles. The third kappa shape index (κ3) is 3.50. The highest BCUT2D eigenvalue weighted by molar-refractivity contribution is 7.22. The van der Waals surface area contributed by atoms with Gasteiger partial charge in [-0.15, -0.1) is 0 Å². The Bertz CT molecular complexity index is 713. The normalized spacial score (nSPS) is 17.8. The predicted molar refractivity (Wildman–Crippen MR) is 85.8 cm³/mol. The van der Waals surface area contributed by atoms with Gasteiger partial charge in [0, 0.05) is 19.1 Å². The number of benzene rings is 1. The molecule has 4 nitrogen and oxygen atoms in total. The Hall–Kier alpha value is -1.60. The molecular weight excluding hydrogens is 322 g/mol. The summed E-state index contributed by atoms with van der Waals surface area (Å²) in [6.45, 7) is 3.03. The number of amides is 1. The van der Waals surface area contributed by atoms with E-state index < -0.39 is 11.6 Å². The van der Waals surface area contributed by atoms with Crippen molar-refractivity contribution in [3.63, 3.8) is 0 Å². The zero-order chi connectivity index (χ0) is 16.4. The number of hydrogen-bond donors (Lipinski definition) is 0. The summed E-state index contributed by atoms with van der Waals surface area (Å²) in [5.74, 6) is -1.42. The number of fused-ring (bicyclic) bond motifs is 1. The van der Waals surface area contributed by atoms with Gasteiger partial charge >= 0.3 is 0 Å². The summed E-state index contributed by atoms with van der Waals surface area (Å²) in [5, 5.41) is 0.401. The van der Waals surface area contributed by atoms with E-state index in [-0.39, 0.29) is 17.5 Å². The molecule has 23 heavy (non-hydrogen) atoms. The molecule has 0 spiro atoms. The lowest BCUT2D eigenvalue weighted by molar-refractivity contribution is -0.119. The molecule has 0 radical (unpaired) electrons. The van der Waals surface area contributed by atoms with E-state index in [4.69, 9.17) is 4.74 Å². The first kappa shape index (κ1) is 16.3. The summed E-state index contributed by atoms with van der Waals surface area (Å²) < 4.78 is 33.2. The average Bonchev–Trinajstić information content (AvgIpc) is 3.13. The van der Waals surface area contributed by atoms with Crippen LogP contribution in [0.25, 0.3) is 10.2 Å². The van der Waals surface area contributed by atoms with Crippen molar-refractivity contribution in [3.05, 3.63) is 23.8 Å². The number of halogens is 2. The number of rotatable bonds is 5. The summed E-state index contributed by atoms with van der Waals surface area (Å²) in [5.41, 5.74) is 0.105. The van der Waals surface area contributed by atoms with Crippen LogP contribution < -0.4 is 4.90 Å². The van der Waals surface area contributed by atoms with Gasteiger partial charge in [-0.25, -0.2) is 13.8 Å². The highest BCUT2D eigenvalue weighted by atomic mass is 32.1. The van der Waals surface area contributed by atoms with Crippen LogP contribution in [-0.2, 0) is 9.53 Å². The molecule has 124 valence electrons. The second-order valence-corrected chi connectivity index (χ2v) is 6.63. The Morgan fingerprint density at radius 3 is 3.00 bits per heavy atom. The molecule has 2 aromatic rings. The lowest BCUT2D eigenvalue weighted by atomic mass is 10.2. The van der Waals surface area contributed by atoms with Crippen molar-refractivity contribution in [1.82, 2.24) is 4.98 Å². The first-order valence-corrected chi connectivity index (χ1v) is 8.57. The Morgan fingerprint density at radius 1 is 1.48 bits per heavy atom. The second kappa shape index (κ2) is 6.88. The van der Waals surface area contributed by atoms with Crippen molar-refractivity contribution < 1.29 is 18.3 Å². The highest BCUT2D eigenvalue weighted by Gasteiger charge is 2.26. The van der Waals surface area contributed by atoms with Gasteiger partial charge in [0.2, 0.25) is 5.91 Å². The van der Waals surface area contributed by atoms with Crippen molar-refractivity contribution in [2.75, 3.05) is 18.1 Å². The maximum Gasteiger partial charge on any atom is 0.228 e. The van der Waals surface area contributed by atoms with E-state index in [1.807, 2.05) is 6.92 Å². The van der Waals surface area contributed by atoms with Crippen molar-refractivity contribution >= 4 is 32.6 Å². The summed E-state index contributed by atoms with van der Waals surface area (Å²) in [7, 11) is 0. The molecule has 0 aliphatic carbocycles. The van der Waals surface area contributed by atoms with E-state index in [0.717, 1.165) is 36.7 Å². The molecule has 1 unspecified atom stereocenters. The third-order valence-corrected chi connectivity index (χ3v) is 4.83. The zero-order valence-electron chi connectivity index (χ0n) is 12.8. The predicted octanol–water partition coefficient (Wildman–Crippen LogP) is 3.89. The molecular formula is C16H18F2N2O2S. The summed E-state index contributed by atoms with van der Waals surface area (Å²) >= 11 is 1.13. The SMILES string of the molecule is CCCC(=O)N(CC1CCCO1)c1nc2c(F)cc(F)cc2s1. The summed E-state index contributed by atoms with van der Waals surface area (Å²) in [6, 6.07) is 2.05. The standard InChI is InChI=1S/C16H18F2N2O2S/c1-2-4-14(21)20(9-11-5-3-6-22-11)16-19-15-12(18)7-10(17)8-13(15)23-16/h7-8,11H,2-6,9H2,1H3. The minimum absolute atomic E-state index is 0.0237. The summed E-state index contributed by atoms with van der Waals surface area (Å²) in [6.07, 6.45) is 2.95. The molecule has 1 aliphatic heterocycles. The molecule has 1 saturated heterocycles. The van der Waals surface area contributed by atoms with Gasteiger partial charge in [0.15, 0.2) is 10.9 Å². The smallest absolute Gasteiger partial charge is 0.228 e. The van der Waals surface area contributed by atoms with E-state index in [9.17, 15) is 13.6 Å². The maximum atomic E-state index is 13.9. The first-order chi connectivity index (χ1) is 11.1. The van der Waals surface area contributed by atoms with Crippen molar-refractivity contribution in [3.8, 4) is 0 Å². The minimum atomic E-state index is -0.706. The van der Waals surface area contributed by atoms with Crippen LogP contribution in [0.4, 0.5) is 13.9 Å². The molecule has 1 amide bonds. The number of hydrogen-bond acceptors (Lipinski definition) is 4. The fourth-order valence-corrected chi connectivity index (χ4v) is 3.72. The molecule has 0 N–H and O–H groups in total. The quantitative estimate of drug-likeness (QED) is 0.829. The second-order valence-electron chi connectivity index (χ2n) is 5.62. The van der Waals surface area contributed by atoms with E-state index >= 15 is 0 Å². The average molecular weight is 340 g/mol. The number of aromatic nitrogens is 1. The molecule has 1 aromatic carbocycles. The zero-order valence-corrected chi connectivity index (χ0v) is 13.7. The van der Waals surface area contributed by atoms with Crippen LogP contribution in [0.15, 0.2) is 12.1 Å². The van der Waals surface area contributed by atoms with Crippen molar-refractivity contribution in [2.45, 2.75) is 38.7 Å². The monoisotopic (exact) mass is 340 g/mol. The van der Waals surface area contributed by atoms with Gasteiger partial charge in [0.05, 0.1) is 17.3 Å². The largest absolute Gasteiger partial charge is 0.376 e. The van der Waals surface area contributed by atoms with Crippen LogP contribution >= 0.6 is 11.3 Å². The number of anilines is 1. The molecule has 0 saturated carbocycles. The number of carbonyl (C=O) groups is 1. The molecule has 7 heteroatoms. The molecule has 2 heterocycles. The highest BCUT2D eigenvalue weighted by Crippen LogP contribution is 2.32. The third-order valence-electron chi connectivity index (χ3n) is 3.81. The molecule has 1 atom stereocenters. The van der Waals surface area contributed by atoms with Crippen molar-refractivity contribution in [1.29, 1.82) is 0 Å². The molecule has 0 bridgehead atoms. The van der Waals surface area contributed by atoms with Gasteiger partial charge in [-0.3, -0.25) is 9.69 Å². The van der Waals surface area contributed by atoms with Crippen LogP contribution in [0.2, 0.25) is 0 Å². The molecule has 3 rings (SSSR count). The number of thiazole rings is 1. The van der Waals surface area contributed by atoms with Gasteiger partial charge in [-0.2, -0.15) is 0 Å². The number of ether oxygens (including phenoxy) is 1. The Balaban J connectivity index is 1.94. The Kier molecular flexibility index (Phi) is 4.87. The van der Waals surface area contributed by atoms with Crippen LogP contribution in [0.3, 0.4) is 0 Å².